The van der Waals surface area contributed by atoms with Crippen molar-refractivity contribution in [3.05, 3.63) is 112 Å². The summed E-state index contributed by atoms with van der Waals surface area (Å²) in [5.74, 6) is -2.09. The molecule has 218 valence electrons. The van der Waals surface area contributed by atoms with Crippen LogP contribution in [0.1, 0.15) is 32.9 Å². The molecule has 0 N–H and O–H groups in total. The Balaban J connectivity index is 1.45. The van der Waals surface area contributed by atoms with E-state index in [0.717, 1.165) is 18.2 Å². The van der Waals surface area contributed by atoms with E-state index < -0.39 is 23.4 Å². The molecular weight excluding hydrogens is 561 g/mol. The number of benzene rings is 3. The zero-order chi connectivity index (χ0) is 30.5. The van der Waals surface area contributed by atoms with Crippen LogP contribution >= 0.6 is 0 Å². The van der Waals surface area contributed by atoms with Gasteiger partial charge in [-0.3, -0.25) is 0 Å². The highest BCUT2D eigenvalue weighted by atomic mass is 19.1. The molecule has 0 amide bonds. The fourth-order valence-corrected chi connectivity index (χ4v) is 4.68. The molecule has 43 heavy (non-hydrogen) atoms. The van der Waals surface area contributed by atoms with Gasteiger partial charge in [0, 0.05) is 43.0 Å². The third kappa shape index (κ3) is 6.19. The minimum atomic E-state index is -0.716. The molecule has 0 aliphatic rings. The topological polar surface area (TPSA) is 99.3 Å². The molecule has 0 aliphatic heterocycles. The first-order valence-corrected chi connectivity index (χ1v) is 13.1. The molecule has 0 fully saturated rings. The number of nitriles is 1. The van der Waals surface area contributed by atoms with Crippen molar-refractivity contribution >= 4 is 17.0 Å². The van der Waals surface area contributed by atoms with Crippen LogP contribution in [-0.2, 0) is 29.0 Å². The first-order chi connectivity index (χ1) is 20.8. The second-order valence-electron chi connectivity index (χ2n) is 9.53. The fourth-order valence-electron chi connectivity index (χ4n) is 4.68. The highest BCUT2D eigenvalue weighted by Crippen LogP contribution is 2.33. The van der Waals surface area contributed by atoms with Crippen molar-refractivity contribution in [2.75, 3.05) is 20.8 Å². The maximum Gasteiger partial charge on any atom is 0.337 e. The Hall–Kier alpha value is -5.21. The van der Waals surface area contributed by atoms with E-state index in [1.165, 1.54) is 31.5 Å². The maximum atomic E-state index is 15.6. The van der Waals surface area contributed by atoms with Crippen LogP contribution in [0.15, 0.2) is 66.9 Å². The SMILES string of the molecule is COCCn1c(Cc2cc(F)c(-c3cccnc3OCc3ccc(C#N)cc3F)cc2F)nc2ccc(C(=O)OC)cc21. The fraction of sp³-hybridized carbons (Fsp3) is 0.188. The molecule has 8 nitrogen and oxygen atoms in total. The van der Waals surface area contributed by atoms with E-state index in [9.17, 15) is 9.18 Å². The maximum absolute atomic E-state index is 15.6. The second kappa shape index (κ2) is 12.8. The molecule has 0 saturated carbocycles. The smallest absolute Gasteiger partial charge is 0.337 e. The Morgan fingerprint density at radius 3 is 2.51 bits per heavy atom. The Bertz CT molecular complexity index is 1870. The van der Waals surface area contributed by atoms with E-state index in [-0.39, 0.29) is 46.7 Å². The molecule has 0 unspecified atom stereocenters. The van der Waals surface area contributed by atoms with E-state index in [1.807, 2.05) is 6.07 Å². The lowest BCUT2D eigenvalue weighted by Gasteiger charge is -2.14. The summed E-state index contributed by atoms with van der Waals surface area (Å²) in [6, 6.07) is 16.0. The lowest BCUT2D eigenvalue weighted by atomic mass is 10.0. The van der Waals surface area contributed by atoms with Crippen LogP contribution in [0.5, 0.6) is 5.88 Å². The van der Waals surface area contributed by atoms with Crippen molar-refractivity contribution in [1.82, 2.24) is 14.5 Å². The molecule has 0 spiro atoms. The number of hydrogen-bond acceptors (Lipinski definition) is 7. The summed E-state index contributed by atoms with van der Waals surface area (Å²) >= 11 is 0. The second-order valence-corrected chi connectivity index (χ2v) is 9.53. The Kier molecular flexibility index (Phi) is 8.69. The molecule has 5 rings (SSSR count). The Morgan fingerprint density at radius 1 is 0.953 bits per heavy atom. The summed E-state index contributed by atoms with van der Waals surface area (Å²) in [5, 5.41) is 8.94. The van der Waals surface area contributed by atoms with E-state index in [1.54, 1.807) is 35.9 Å². The standard InChI is InChI=1S/C32H25F3N4O4/c1-41-11-10-39-29-14-20(32(40)42-2)7-8-28(29)38-30(39)15-22-13-27(35)24(16-26(22)34)23-4-3-9-37-31(23)43-18-21-6-5-19(17-36)12-25(21)33/h3-9,12-14,16H,10-11,15,18H2,1-2H3. The van der Waals surface area contributed by atoms with Gasteiger partial charge in [-0.05, 0) is 60.2 Å². The van der Waals surface area contributed by atoms with Crippen LogP contribution in [0.25, 0.3) is 22.2 Å². The summed E-state index contributed by atoms with van der Waals surface area (Å²) in [4.78, 5) is 20.8. The molecule has 2 heterocycles. The number of ether oxygens (including phenoxy) is 3. The van der Waals surface area contributed by atoms with Gasteiger partial charge in [-0.2, -0.15) is 5.26 Å². The summed E-state index contributed by atoms with van der Waals surface area (Å²) in [7, 11) is 2.83. The van der Waals surface area contributed by atoms with Gasteiger partial charge in [-0.25, -0.2) is 27.9 Å². The number of aromatic nitrogens is 3. The predicted molar refractivity (Wildman–Crippen MR) is 151 cm³/mol. The summed E-state index contributed by atoms with van der Waals surface area (Å²) in [6.07, 6.45) is 1.38. The van der Waals surface area contributed by atoms with Crippen molar-refractivity contribution in [3.8, 4) is 23.1 Å². The molecule has 0 atom stereocenters. The number of fused-ring (bicyclic) bond motifs is 1. The minimum Gasteiger partial charge on any atom is -0.472 e. The predicted octanol–water partition coefficient (Wildman–Crippen LogP) is 5.99. The van der Waals surface area contributed by atoms with E-state index in [0.29, 0.717) is 35.6 Å². The molecule has 0 saturated heterocycles. The zero-order valence-corrected chi connectivity index (χ0v) is 23.2. The van der Waals surface area contributed by atoms with Crippen LogP contribution < -0.4 is 4.74 Å². The van der Waals surface area contributed by atoms with E-state index >= 15 is 8.78 Å². The lowest BCUT2D eigenvalue weighted by molar-refractivity contribution is 0.0601. The van der Waals surface area contributed by atoms with Crippen molar-refractivity contribution in [3.63, 3.8) is 0 Å². The number of hydrogen-bond donors (Lipinski definition) is 0. The van der Waals surface area contributed by atoms with Crippen molar-refractivity contribution < 1.29 is 32.2 Å². The van der Waals surface area contributed by atoms with Gasteiger partial charge in [-0.15, -0.1) is 0 Å². The number of nitrogens with zero attached hydrogens (tertiary/aromatic N) is 4. The van der Waals surface area contributed by atoms with Crippen molar-refractivity contribution in [2.24, 2.45) is 0 Å². The van der Waals surface area contributed by atoms with Crippen LogP contribution in [0, 0.1) is 28.8 Å². The van der Waals surface area contributed by atoms with Gasteiger partial charge in [0.15, 0.2) is 0 Å². The molecule has 11 heteroatoms. The van der Waals surface area contributed by atoms with Gasteiger partial charge < -0.3 is 18.8 Å². The largest absolute Gasteiger partial charge is 0.472 e. The third-order valence-corrected chi connectivity index (χ3v) is 6.86. The molecule has 3 aromatic carbocycles. The van der Waals surface area contributed by atoms with Gasteiger partial charge in [0.1, 0.15) is 29.9 Å². The molecule has 5 aromatic rings. The minimum absolute atomic E-state index is 0.0138. The van der Waals surface area contributed by atoms with E-state index in [2.05, 4.69) is 9.97 Å². The molecule has 2 aromatic heterocycles. The average molecular weight is 587 g/mol. The molecular formula is C32H25F3N4O4. The van der Waals surface area contributed by atoms with Crippen LogP contribution in [0.2, 0.25) is 0 Å². The number of methoxy groups -OCH3 is 2. The van der Waals surface area contributed by atoms with E-state index in [4.69, 9.17) is 19.5 Å². The summed E-state index contributed by atoms with van der Waals surface area (Å²) in [5.41, 5.74) is 2.04. The van der Waals surface area contributed by atoms with Crippen molar-refractivity contribution in [1.29, 1.82) is 5.26 Å². The van der Waals surface area contributed by atoms with Gasteiger partial charge in [-0.1, -0.05) is 6.07 Å². The first kappa shape index (κ1) is 29.3. The number of pyridine rings is 1. The number of imidazole rings is 1. The van der Waals surface area contributed by atoms with Gasteiger partial charge in [0.05, 0.1) is 41.9 Å². The Morgan fingerprint density at radius 2 is 1.77 bits per heavy atom. The number of rotatable bonds is 10. The van der Waals surface area contributed by atoms with Gasteiger partial charge >= 0.3 is 5.97 Å². The van der Waals surface area contributed by atoms with Crippen LogP contribution in [0.3, 0.4) is 0 Å². The molecule has 0 radical (unpaired) electrons. The normalized spacial score (nSPS) is 11.0. The Labute approximate surface area is 244 Å². The molecule has 0 bridgehead atoms. The molecule has 0 aliphatic carbocycles. The van der Waals surface area contributed by atoms with Crippen molar-refractivity contribution in [2.45, 2.75) is 19.6 Å². The first-order valence-electron chi connectivity index (χ1n) is 13.1. The van der Waals surface area contributed by atoms with Gasteiger partial charge in [0.25, 0.3) is 0 Å². The third-order valence-electron chi connectivity index (χ3n) is 6.86. The number of carbonyl (C=O) groups excluding carboxylic acids is 1. The highest BCUT2D eigenvalue weighted by Gasteiger charge is 2.20. The van der Waals surface area contributed by atoms with Gasteiger partial charge in [0.2, 0.25) is 5.88 Å². The number of esters is 1. The van der Waals surface area contributed by atoms with Crippen LogP contribution in [-0.4, -0.2) is 41.3 Å². The summed E-state index contributed by atoms with van der Waals surface area (Å²) < 4.78 is 63.0. The lowest BCUT2D eigenvalue weighted by Crippen LogP contribution is -2.10. The number of halogens is 3. The zero-order valence-electron chi connectivity index (χ0n) is 23.2. The highest BCUT2D eigenvalue weighted by molar-refractivity contribution is 5.93. The monoisotopic (exact) mass is 586 g/mol. The van der Waals surface area contributed by atoms with Crippen LogP contribution in [0.4, 0.5) is 13.2 Å². The number of carbonyl (C=O) groups is 1. The quantitative estimate of drug-likeness (QED) is 0.185. The summed E-state index contributed by atoms with van der Waals surface area (Å²) in [6.45, 7) is 0.456. The average Bonchev–Trinajstić information content (AvgIpc) is 3.36.